The van der Waals surface area contributed by atoms with E-state index in [2.05, 4.69) is 10.3 Å². The van der Waals surface area contributed by atoms with E-state index >= 15 is 0 Å². The maximum atomic E-state index is 11.1. The van der Waals surface area contributed by atoms with Gasteiger partial charge in [0, 0.05) is 28.9 Å². The number of nitro groups is 1. The van der Waals surface area contributed by atoms with Crippen LogP contribution in [0.4, 0.5) is 11.5 Å². The third-order valence-corrected chi connectivity index (χ3v) is 3.39. The number of methoxy groups -OCH3 is 1. The van der Waals surface area contributed by atoms with E-state index in [4.69, 9.17) is 16.3 Å². The number of hydrogen-bond donors (Lipinski definition) is 1. The fraction of sp³-hybridized carbons (Fsp3) is 0.214. The number of benzene rings is 1. The number of anilines is 1. The van der Waals surface area contributed by atoms with Crippen molar-refractivity contribution >= 4 is 23.1 Å². The largest absolute Gasteiger partial charge is 0.496 e. The molecule has 1 aromatic carbocycles. The molecule has 0 aliphatic rings. The van der Waals surface area contributed by atoms with Gasteiger partial charge in [-0.3, -0.25) is 10.1 Å². The Morgan fingerprint density at radius 3 is 2.86 bits per heavy atom. The van der Waals surface area contributed by atoms with Crippen molar-refractivity contribution in [2.24, 2.45) is 0 Å². The van der Waals surface area contributed by atoms with Gasteiger partial charge in [-0.1, -0.05) is 17.7 Å². The van der Waals surface area contributed by atoms with Crippen molar-refractivity contribution in [3.05, 3.63) is 56.7 Å². The minimum atomic E-state index is -0.450. The zero-order valence-electron chi connectivity index (χ0n) is 11.6. The van der Waals surface area contributed by atoms with Crippen LogP contribution in [0.3, 0.4) is 0 Å². The summed E-state index contributed by atoms with van der Waals surface area (Å²) in [6.07, 6.45) is 1.52. The summed E-state index contributed by atoms with van der Waals surface area (Å²) in [5, 5.41) is 14.6. The SMILES string of the molecule is COc1cccc(Cl)c1CNc1nccc(C)c1[N+](=O)[O-]. The summed E-state index contributed by atoms with van der Waals surface area (Å²) in [4.78, 5) is 14.7. The van der Waals surface area contributed by atoms with Gasteiger partial charge in [0.2, 0.25) is 5.82 Å². The number of aromatic nitrogens is 1. The lowest BCUT2D eigenvalue weighted by atomic mass is 10.2. The van der Waals surface area contributed by atoms with E-state index in [1.54, 1.807) is 38.3 Å². The van der Waals surface area contributed by atoms with Gasteiger partial charge in [-0.2, -0.15) is 0 Å². The fourth-order valence-corrected chi connectivity index (χ4v) is 2.22. The summed E-state index contributed by atoms with van der Waals surface area (Å²) in [5.41, 5.74) is 1.23. The van der Waals surface area contributed by atoms with Crippen molar-refractivity contribution in [1.29, 1.82) is 0 Å². The molecular weight excluding hydrogens is 294 g/mol. The van der Waals surface area contributed by atoms with Crippen molar-refractivity contribution in [2.45, 2.75) is 13.5 Å². The number of nitrogens with one attached hydrogen (secondary N) is 1. The van der Waals surface area contributed by atoms with Gasteiger partial charge in [0.05, 0.1) is 12.0 Å². The lowest BCUT2D eigenvalue weighted by Gasteiger charge is -2.12. The average Bonchev–Trinajstić information content (AvgIpc) is 2.45. The van der Waals surface area contributed by atoms with Crippen LogP contribution in [0.5, 0.6) is 5.75 Å². The molecule has 0 aliphatic heterocycles. The normalized spacial score (nSPS) is 10.2. The molecule has 110 valence electrons. The number of ether oxygens (including phenoxy) is 1. The molecule has 0 spiro atoms. The van der Waals surface area contributed by atoms with Crippen molar-refractivity contribution in [3.63, 3.8) is 0 Å². The van der Waals surface area contributed by atoms with Crippen LogP contribution in [-0.4, -0.2) is 17.0 Å². The number of pyridine rings is 1. The number of hydrogen-bond acceptors (Lipinski definition) is 5. The predicted octanol–water partition coefficient (Wildman–Crippen LogP) is 3.57. The molecule has 0 bridgehead atoms. The number of halogens is 1. The Morgan fingerprint density at radius 1 is 1.43 bits per heavy atom. The maximum absolute atomic E-state index is 11.1. The molecule has 2 rings (SSSR count). The Bertz CT molecular complexity index is 677. The van der Waals surface area contributed by atoms with Crippen LogP contribution in [-0.2, 0) is 6.54 Å². The van der Waals surface area contributed by atoms with E-state index in [1.165, 1.54) is 6.20 Å². The summed E-state index contributed by atoms with van der Waals surface area (Å²) < 4.78 is 5.24. The molecule has 0 saturated carbocycles. The van der Waals surface area contributed by atoms with Crippen LogP contribution in [0.15, 0.2) is 30.5 Å². The molecule has 0 saturated heterocycles. The van der Waals surface area contributed by atoms with E-state index < -0.39 is 4.92 Å². The van der Waals surface area contributed by atoms with Gasteiger partial charge in [0.1, 0.15) is 5.75 Å². The standard InChI is InChI=1S/C14H14ClN3O3/c1-9-6-7-16-14(13(9)18(19)20)17-8-10-11(15)4-3-5-12(10)21-2/h3-7H,8H2,1-2H3,(H,16,17). The topological polar surface area (TPSA) is 77.3 Å². The highest BCUT2D eigenvalue weighted by Crippen LogP contribution is 2.29. The molecule has 0 unspecified atom stereocenters. The first-order valence-corrected chi connectivity index (χ1v) is 6.57. The first-order chi connectivity index (χ1) is 10.0. The third-order valence-electron chi connectivity index (χ3n) is 3.04. The van der Waals surface area contributed by atoms with Gasteiger partial charge in [0.15, 0.2) is 0 Å². The Hall–Kier alpha value is -2.34. The van der Waals surface area contributed by atoms with E-state index in [-0.39, 0.29) is 18.1 Å². The van der Waals surface area contributed by atoms with Crippen LogP contribution in [0.2, 0.25) is 5.02 Å². The molecular formula is C14H14ClN3O3. The van der Waals surface area contributed by atoms with Gasteiger partial charge in [-0.05, 0) is 25.1 Å². The minimum Gasteiger partial charge on any atom is -0.496 e. The molecule has 0 atom stereocenters. The zero-order chi connectivity index (χ0) is 15.4. The van der Waals surface area contributed by atoms with Gasteiger partial charge in [0.25, 0.3) is 0 Å². The second kappa shape index (κ2) is 6.41. The highest BCUT2D eigenvalue weighted by atomic mass is 35.5. The molecule has 6 nitrogen and oxygen atoms in total. The molecule has 2 aromatic rings. The molecule has 7 heteroatoms. The number of rotatable bonds is 5. The third kappa shape index (κ3) is 3.22. The number of nitrogens with zero attached hydrogens (tertiary/aromatic N) is 2. The lowest BCUT2D eigenvalue weighted by Crippen LogP contribution is -2.07. The Kier molecular flexibility index (Phi) is 4.59. The molecule has 1 N–H and O–H groups in total. The van der Waals surface area contributed by atoms with Crippen LogP contribution >= 0.6 is 11.6 Å². The van der Waals surface area contributed by atoms with Crippen LogP contribution < -0.4 is 10.1 Å². The predicted molar refractivity (Wildman–Crippen MR) is 81.0 cm³/mol. The van der Waals surface area contributed by atoms with E-state index in [0.29, 0.717) is 16.3 Å². The highest BCUT2D eigenvalue weighted by Gasteiger charge is 2.19. The molecule has 1 heterocycles. The maximum Gasteiger partial charge on any atom is 0.314 e. The summed E-state index contributed by atoms with van der Waals surface area (Å²) in [6.45, 7) is 1.95. The number of aryl methyl sites for hydroxylation is 1. The molecule has 1 aromatic heterocycles. The Labute approximate surface area is 126 Å². The fourth-order valence-electron chi connectivity index (χ4n) is 1.98. The van der Waals surface area contributed by atoms with E-state index in [1.807, 2.05) is 0 Å². The van der Waals surface area contributed by atoms with E-state index in [0.717, 1.165) is 5.56 Å². The smallest absolute Gasteiger partial charge is 0.314 e. The van der Waals surface area contributed by atoms with Gasteiger partial charge >= 0.3 is 5.69 Å². The molecule has 0 fully saturated rings. The first-order valence-electron chi connectivity index (χ1n) is 6.20. The summed E-state index contributed by atoms with van der Waals surface area (Å²) in [5.74, 6) is 0.826. The summed E-state index contributed by atoms with van der Waals surface area (Å²) in [6, 6.07) is 6.89. The second-order valence-electron chi connectivity index (χ2n) is 4.36. The quantitative estimate of drug-likeness (QED) is 0.675. The Balaban J connectivity index is 2.29. The Morgan fingerprint density at radius 2 is 2.19 bits per heavy atom. The minimum absolute atomic E-state index is 0.0384. The lowest BCUT2D eigenvalue weighted by molar-refractivity contribution is -0.384. The van der Waals surface area contributed by atoms with Crippen molar-refractivity contribution in [3.8, 4) is 5.75 Å². The van der Waals surface area contributed by atoms with Crippen LogP contribution in [0.1, 0.15) is 11.1 Å². The van der Waals surface area contributed by atoms with Gasteiger partial charge in [-0.25, -0.2) is 4.98 Å². The second-order valence-corrected chi connectivity index (χ2v) is 4.76. The van der Waals surface area contributed by atoms with Gasteiger partial charge in [-0.15, -0.1) is 0 Å². The first kappa shape index (κ1) is 15.1. The summed E-state index contributed by atoms with van der Waals surface area (Å²) in [7, 11) is 1.54. The molecule has 0 radical (unpaired) electrons. The molecule has 0 amide bonds. The van der Waals surface area contributed by atoms with Crippen molar-refractivity contribution in [1.82, 2.24) is 4.98 Å². The monoisotopic (exact) mass is 307 g/mol. The van der Waals surface area contributed by atoms with Crippen LogP contribution in [0.25, 0.3) is 0 Å². The van der Waals surface area contributed by atoms with Crippen LogP contribution in [0, 0.1) is 17.0 Å². The molecule has 0 aliphatic carbocycles. The van der Waals surface area contributed by atoms with E-state index in [9.17, 15) is 10.1 Å². The zero-order valence-corrected chi connectivity index (χ0v) is 12.3. The van der Waals surface area contributed by atoms with Gasteiger partial charge < -0.3 is 10.1 Å². The average molecular weight is 308 g/mol. The molecule has 21 heavy (non-hydrogen) atoms. The highest BCUT2D eigenvalue weighted by molar-refractivity contribution is 6.31. The van der Waals surface area contributed by atoms with Crippen molar-refractivity contribution in [2.75, 3.05) is 12.4 Å². The summed E-state index contributed by atoms with van der Waals surface area (Å²) >= 11 is 6.13. The van der Waals surface area contributed by atoms with Crippen molar-refractivity contribution < 1.29 is 9.66 Å².